The molecule has 0 bridgehead atoms. The third-order valence-electron chi connectivity index (χ3n) is 4.69. The highest BCUT2D eigenvalue weighted by Gasteiger charge is 2.41. The second-order valence-corrected chi connectivity index (χ2v) is 6.94. The normalized spacial score (nSPS) is 22.9. The molecule has 1 amide bonds. The van der Waals surface area contributed by atoms with E-state index in [1.165, 1.54) is 12.2 Å². The Bertz CT molecular complexity index is 502. The molecule has 1 heterocycles. The molecule has 1 aliphatic rings. The molecule has 0 aromatic carbocycles. The van der Waals surface area contributed by atoms with Gasteiger partial charge in [0.2, 0.25) is 5.91 Å². The quantitative estimate of drug-likeness (QED) is 0.223. The van der Waals surface area contributed by atoms with Gasteiger partial charge in [-0.15, -0.1) is 0 Å². The minimum absolute atomic E-state index is 0.0319. The summed E-state index contributed by atoms with van der Waals surface area (Å²) < 4.78 is 5.44. The molecule has 0 spiro atoms. The molecule has 1 aliphatic heterocycles. The monoisotopic (exact) mass is 340 g/mol. The van der Waals surface area contributed by atoms with E-state index >= 15 is 0 Å². The Kier molecular flexibility index (Phi) is 7.51. The van der Waals surface area contributed by atoms with Crippen molar-refractivity contribution >= 4 is 11.9 Å². The van der Waals surface area contributed by atoms with E-state index in [2.05, 4.69) is 10.0 Å². The van der Waals surface area contributed by atoms with Gasteiger partial charge in [-0.2, -0.15) is 0 Å². The molecule has 136 valence electrons. The van der Waals surface area contributed by atoms with Crippen molar-refractivity contribution in [3.63, 3.8) is 0 Å². The lowest BCUT2D eigenvalue weighted by Crippen LogP contribution is -2.38. The zero-order valence-corrected chi connectivity index (χ0v) is 15.3. The number of hydrogen-bond acceptors (Lipinski definition) is 5. The summed E-state index contributed by atoms with van der Waals surface area (Å²) in [6.45, 7) is 7.78. The Balaban J connectivity index is 2.93. The van der Waals surface area contributed by atoms with Gasteiger partial charge in [0.05, 0.1) is 19.1 Å². The van der Waals surface area contributed by atoms with Crippen molar-refractivity contribution in [1.29, 1.82) is 0 Å². The van der Waals surface area contributed by atoms with Crippen molar-refractivity contribution in [1.82, 2.24) is 5.06 Å². The summed E-state index contributed by atoms with van der Waals surface area (Å²) in [7, 11) is 2.97. The van der Waals surface area contributed by atoms with Crippen LogP contribution in [0, 0.1) is 23.7 Å². The fourth-order valence-electron chi connectivity index (χ4n) is 2.99. The number of hydrogen-bond donors (Lipinski definition) is 0. The van der Waals surface area contributed by atoms with Gasteiger partial charge in [-0.1, -0.05) is 32.8 Å². The van der Waals surface area contributed by atoms with Crippen molar-refractivity contribution in [3.8, 4) is 0 Å². The molecule has 4 atom stereocenters. The van der Waals surface area contributed by atoms with Crippen LogP contribution in [0.15, 0.2) is 5.11 Å². The Hall–Kier alpha value is -1.79. The first-order chi connectivity index (χ1) is 11.2. The number of nitrogens with zero attached hydrogens (tertiary/aromatic N) is 4. The molecule has 1 saturated heterocycles. The Morgan fingerprint density at radius 2 is 2.08 bits per heavy atom. The Morgan fingerprint density at radius 3 is 2.50 bits per heavy atom. The van der Waals surface area contributed by atoms with Crippen LogP contribution >= 0.6 is 0 Å². The fourth-order valence-corrected chi connectivity index (χ4v) is 2.99. The Morgan fingerprint density at radius 1 is 1.46 bits per heavy atom. The van der Waals surface area contributed by atoms with Crippen LogP contribution in [0.2, 0.25) is 0 Å². The van der Waals surface area contributed by atoms with E-state index < -0.39 is 12.1 Å². The summed E-state index contributed by atoms with van der Waals surface area (Å²) in [5, 5.41) is 4.99. The topological polar surface area (TPSA) is 105 Å². The highest BCUT2D eigenvalue weighted by atomic mass is 16.7. The molecule has 24 heavy (non-hydrogen) atoms. The predicted octanol–water partition coefficient (Wildman–Crippen LogP) is 2.94. The standard InChI is InChI=1S/C16H28N4O4/c1-9(2)11(15(21)20(5)23-6)7-13(18-19-17)14-8-12(10(3)4)16(22)24-14/h9-14H,7-8H2,1-6H3/t11-,12-,13-,14-/m0/s1. The first kappa shape index (κ1) is 20.3. The summed E-state index contributed by atoms with van der Waals surface area (Å²) in [4.78, 5) is 32.3. The number of hydroxylamine groups is 2. The van der Waals surface area contributed by atoms with Gasteiger partial charge in [0.1, 0.15) is 6.10 Å². The number of rotatable bonds is 8. The van der Waals surface area contributed by atoms with Gasteiger partial charge in [0.25, 0.3) is 0 Å². The number of carbonyl (C=O) groups excluding carboxylic acids is 2. The van der Waals surface area contributed by atoms with Crippen LogP contribution in [0.1, 0.15) is 40.5 Å². The van der Waals surface area contributed by atoms with Crippen molar-refractivity contribution in [2.75, 3.05) is 14.2 Å². The number of carbonyl (C=O) groups is 2. The molecule has 1 fully saturated rings. The van der Waals surface area contributed by atoms with E-state index in [-0.39, 0.29) is 35.5 Å². The molecule has 0 aromatic heterocycles. The second-order valence-electron chi connectivity index (χ2n) is 6.94. The van der Waals surface area contributed by atoms with E-state index in [0.717, 1.165) is 0 Å². The van der Waals surface area contributed by atoms with E-state index in [0.29, 0.717) is 12.8 Å². The minimum Gasteiger partial charge on any atom is -0.462 e. The number of azide groups is 1. The molecular formula is C16H28N4O4. The zero-order chi connectivity index (χ0) is 18.4. The third-order valence-corrected chi connectivity index (χ3v) is 4.69. The summed E-state index contributed by atoms with van der Waals surface area (Å²) in [5.74, 6) is -0.825. The van der Waals surface area contributed by atoms with Crippen LogP contribution in [-0.2, 0) is 19.2 Å². The van der Waals surface area contributed by atoms with Gasteiger partial charge in [-0.25, -0.2) is 5.06 Å². The smallest absolute Gasteiger partial charge is 0.309 e. The van der Waals surface area contributed by atoms with E-state index in [1.807, 2.05) is 27.7 Å². The average Bonchev–Trinajstić information content (AvgIpc) is 2.91. The maximum Gasteiger partial charge on any atom is 0.309 e. The van der Waals surface area contributed by atoms with E-state index in [1.54, 1.807) is 7.05 Å². The second kappa shape index (κ2) is 8.89. The van der Waals surface area contributed by atoms with Crippen molar-refractivity contribution in [2.45, 2.75) is 52.7 Å². The van der Waals surface area contributed by atoms with Crippen molar-refractivity contribution < 1.29 is 19.2 Å². The zero-order valence-electron chi connectivity index (χ0n) is 15.3. The van der Waals surface area contributed by atoms with Crippen LogP contribution in [0.4, 0.5) is 0 Å². The lowest BCUT2D eigenvalue weighted by molar-refractivity contribution is -0.175. The van der Waals surface area contributed by atoms with E-state index in [9.17, 15) is 9.59 Å². The van der Waals surface area contributed by atoms with Gasteiger partial charge in [0, 0.05) is 17.9 Å². The highest BCUT2D eigenvalue weighted by Crippen LogP contribution is 2.33. The molecule has 0 saturated carbocycles. The summed E-state index contributed by atoms with van der Waals surface area (Å²) >= 11 is 0. The molecule has 0 unspecified atom stereocenters. The van der Waals surface area contributed by atoms with Crippen LogP contribution < -0.4 is 0 Å². The SMILES string of the molecule is CON(C)C(=O)[C@@H](C[C@H](N=[N+]=[N-])[C@@H]1C[C@@H](C(C)C)C(=O)O1)C(C)C. The molecule has 1 rings (SSSR count). The summed E-state index contributed by atoms with van der Waals surface area (Å²) in [5.41, 5.74) is 8.88. The lowest BCUT2D eigenvalue weighted by Gasteiger charge is -2.28. The van der Waals surface area contributed by atoms with Gasteiger partial charge in [-0.3, -0.25) is 14.4 Å². The molecule has 0 aliphatic carbocycles. The maximum atomic E-state index is 12.5. The number of amides is 1. The molecule has 0 N–H and O–H groups in total. The predicted molar refractivity (Wildman–Crippen MR) is 88.5 cm³/mol. The van der Waals surface area contributed by atoms with Crippen LogP contribution in [0.3, 0.4) is 0 Å². The molecule has 0 radical (unpaired) electrons. The number of esters is 1. The summed E-state index contributed by atoms with van der Waals surface area (Å²) in [6, 6.07) is -0.565. The number of ether oxygens (including phenoxy) is 1. The first-order valence-corrected chi connectivity index (χ1v) is 8.29. The molecule has 0 aromatic rings. The minimum atomic E-state index is -0.565. The highest BCUT2D eigenvalue weighted by molar-refractivity contribution is 5.78. The average molecular weight is 340 g/mol. The van der Waals surface area contributed by atoms with E-state index in [4.69, 9.17) is 15.1 Å². The van der Waals surface area contributed by atoms with Crippen LogP contribution in [-0.4, -0.2) is 43.2 Å². The van der Waals surface area contributed by atoms with Gasteiger partial charge in [-0.05, 0) is 30.2 Å². The largest absolute Gasteiger partial charge is 0.462 e. The third kappa shape index (κ3) is 4.85. The maximum absolute atomic E-state index is 12.5. The molecular weight excluding hydrogens is 312 g/mol. The number of cyclic esters (lactones) is 1. The lowest BCUT2D eigenvalue weighted by atomic mass is 9.84. The van der Waals surface area contributed by atoms with Crippen LogP contribution in [0.25, 0.3) is 10.4 Å². The van der Waals surface area contributed by atoms with Crippen molar-refractivity contribution in [2.24, 2.45) is 28.8 Å². The Labute approximate surface area is 143 Å². The van der Waals surface area contributed by atoms with Gasteiger partial charge in [0.15, 0.2) is 0 Å². The van der Waals surface area contributed by atoms with Gasteiger partial charge >= 0.3 is 5.97 Å². The molecule has 8 heteroatoms. The summed E-state index contributed by atoms with van der Waals surface area (Å²) in [6.07, 6.45) is 0.346. The van der Waals surface area contributed by atoms with Crippen molar-refractivity contribution in [3.05, 3.63) is 10.4 Å². The first-order valence-electron chi connectivity index (χ1n) is 8.29. The fraction of sp³-hybridized carbons (Fsp3) is 0.875. The van der Waals surface area contributed by atoms with Crippen LogP contribution in [0.5, 0.6) is 0 Å². The molecule has 8 nitrogen and oxygen atoms in total. The van der Waals surface area contributed by atoms with Gasteiger partial charge < -0.3 is 4.74 Å².